The molecule has 2 aromatic heterocycles. The number of imidazole rings is 1. The van der Waals surface area contributed by atoms with Gasteiger partial charge in [-0.2, -0.15) is 0 Å². The van der Waals surface area contributed by atoms with Crippen LogP contribution in [0.4, 0.5) is 5.13 Å². The van der Waals surface area contributed by atoms with Crippen molar-refractivity contribution in [2.24, 2.45) is 5.73 Å². The topological polar surface area (TPSA) is 97.8 Å². The van der Waals surface area contributed by atoms with Gasteiger partial charge < -0.3 is 15.8 Å². The second-order valence-electron chi connectivity index (χ2n) is 6.07. The zero-order chi connectivity index (χ0) is 17.9. The number of amides is 1. The van der Waals surface area contributed by atoms with E-state index in [2.05, 4.69) is 20.3 Å². The molecule has 3 aromatic rings. The van der Waals surface area contributed by atoms with Gasteiger partial charge in [0.15, 0.2) is 0 Å². The van der Waals surface area contributed by atoms with Crippen molar-refractivity contribution in [3.63, 3.8) is 0 Å². The normalized spacial score (nSPS) is 15.4. The molecule has 1 amide bonds. The fourth-order valence-electron chi connectivity index (χ4n) is 2.94. The van der Waals surface area contributed by atoms with E-state index >= 15 is 0 Å². The Kier molecular flexibility index (Phi) is 4.83. The van der Waals surface area contributed by atoms with E-state index in [1.165, 1.54) is 11.3 Å². The number of primary amides is 1. The third-order valence-corrected chi connectivity index (χ3v) is 5.22. The van der Waals surface area contributed by atoms with Crippen LogP contribution < -0.4 is 11.1 Å². The Morgan fingerprint density at radius 3 is 3.00 bits per heavy atom. The molecule has 1 fully saturated rings. The van der Waals surface area contributed by atoms with E-state index < -0.39 is 5.91 Å². The number of carbonyl (C=O) groups excluding carboxylic acids is 1. The monoisotopic (exact) mass is 372 g/mol. The van der Waals surface area contributed by atoms with Gasteiger partial charge in [-0.15, -0.1) is 5.10 Å². The van der Waals surface area contributed by atoms with E-state index in [1.54, 1.807) is 22.8 Å². The summed E-state index contributed by atoms with van der Waals surface area (Å²) in [5.41, 5.74) is 7.54. The first-order chi connectivity index (χ1) is 12.7. The summed E-state index contributed by atoms with van der Waals surface area (Å²) in [6.07, 6.45) is 1.76. The van der Waals surface area contributed by atoms with E-state index in [9.17, 15) is 4.79 Å². The molecule has 4 rings (SSSR count). The van der Waals surface area contributed by atoms with Crippen LogP contribution in [0.25, 0.3) is 16.2 Å². The molecule has 1 aromatic carbocycles. The van der Waals surface area contributed by atoms with Crippen molar-refractivity contribution in [2.75, 3.05) is 44.7 Å². The lowest BCUT2D eigenvalue weighted by molar-refractivity contribution is 0.0398. The highest BCUT2D eigenvalue weighted by Gasteiger charge is 2.14. The lowest BCUT2D eigenvalue weighted by atomic mass is 10.1. The number of nitrogens with zero attached hydrogens (tertiary/aromatic N) is 4. The Bertz CT molecular complexity index is 915. The first-order valence-electron chi connectivity index (χ1n) is 8.49. The van der Waals surface area contributed by atoms with Crippen molar-refractivity contribution in [3.05, 3.63) is 36.0 Å². The van der Waals surface area contributed by atoms with Gasteiger partial charge in [0.1, 0.15) is 0 Å². The number of aromatic nitrogens is 3. The number of ether oxygens (including phenoxy) is 1. The van der Waals surface area contributed by atoms with Crippen LogP contribution in [0.5, 0.6) is 0 Å². The number of rotatable bonds is 6. The van der Waals surface area contributed by atoms with Gasteiger partial charge in [-0.3, -0.25) is 9.69 Å². The average Bonchev–Trinajstić information content (AvgIpc) is 3.23. The van der Waals surface area contributed by atoms with Gasteiger partial charge in [-0.25, -0.2) is 9.50 Å². The predicted molar refractivity (Wildman–Crippen MR) is 101 cm³/mol. The molecule has 3 N–H and O–H groups in total. The van der Waals surface area contributed by atoms with E-state index in [4.69, 9.17) is 10.5 Å². The minimum absolute atomic E-state index is 0.448. The molecule has 0 radical (unpaired) electrons. The first-order valence-corrected chi connectivity index (χ1v) is 9.31. The highest BCUT2D eigenvalue weighted by Crippen LogP contribution is 2.26. The molecule has 0 aliphatic carbocycles. The fourth-order valence-corrected chi connectivity index (χ4v) is 3.74. The number of carbonyl (C=O) groups is 1. The van der Waals surface area contributed by atoms with E-state index in [0.29, 0.717) is 5.56 Å². The number of fused-ring (bicyclic) bond motifs is 1. The van der Waals surface area contributed by atoms with Gasteiger partial charge in [0.25, 0.3) is 0 Å². The smallest absolute Gasteiger partial charge is 0.248 e. The van der Waals surface area contributed by atoms with Gasteiger partial charge >= 0.3 is 0 Å². The molecule has 1 aliphatic heterocycles. The van der Waals surface area contributed by atoms with Crippen LogP contribution >= 0.6 is 11.3 Å². The van der Waals surface area contributed by atoms with Crippen LogP contribution in [-0.2, 0) is 4.74 Å². The quantitative estimate of drug-likeness (QED) is 0.677. The van der Waals surface area contributed by atoms with Crippen molar-refractivity contribution in [2.45, 2.75) is 0 Å². The summed E-state index contributed by atoms with van der Waals surface area (Å²) >= 11 is 1.50. The van der Waals surface area contributed by atoms with Gasteiger partial charge in [-0.1, -0.05) is 23.5 Å². The van der Waals surface area contributed by atoms with Crippen molar-refractivity contribution in [1.29, 1.82) is 0 Å². The number of anilines is 1. The molecule has 1 saturated heterocycles. The number of benzene rings is 1. The summed E-state index contributed by atoms with van der Waals surface area (Å²) in [6, 6.07) is 7.18. The second kappa shape index (κ2) is 7.40. The minimum atomic E-state index is -0.448. The number of nitrogens with two attached hydrogens (primary N) is 1. The van der Waals surface area contributed by atoms with E-state index in [-0.39, 0.29) is 0 Å². The standard InChI is InChI=1S/C17H20N6O2S/c18-15(24)13-3-1-2-12(10-13)14-11-20-17-23(14)21-16(26-17)19-4-5-22-6-8-25-9-7-22/h1-3,10-11H,4-9H2,(H2,18,24)(H,19,21). The third kappa shape index (κ3) is 3.55. The number of hydrogen-bond acceptors (Lipinski definition) is 7. The Balaban J connectivity index is 1.48. The molecule has 0 spiro atoms. The highest BCUT2D eigenvalue weighted by molar-refractivity contribution is 7.20. The summed E-state index contributed by atoms with van der Waals surface area (Å²) in [5, 5.41) is 8.80. The first kappa shape index (κ1) is 17.0. The molecule has 0 atom stereocenters. The van der Waals surface area contributed by atoms with Crippen LogP contribution in [0.15, 0.2) is 30.5 Å². The molecule has 0 bridgehead atoms. The molecule has 136 valence electrons. The predicted octanol–water partition coefficient (Wildman–Crippen LogP) is 1.30. The van der Waals surface area contributed by atoms with E-state index in [1.807, 2.05) is 12.1 Å². The molecule has 3 heterocycles. The summed E-state index contributed by atoms with van der Waals surface area (Å²) in [4.78, 5) is 19.0. The lowest BCUT2D eigenvalue weighted by Crippen LogP contribution is -2.39. The molecular formula is C17H20N6O2S. The fraction of sp³-hybridized carbons (Fsp3) is 0.353. The Hall–Kier alpha value is -2.49. The maximum absolute atomic E-state index is 11.4. The molecule has 0 unspecified atom stereocenters. The van der Waals surface area contributed by atoms with Crippen LogP contribution in [0.2, 0.25) is 0 Å². The van der Waals surface area contributed by atoms with Gasteiger partial charge in [0.2, 0.25) is 16.0 Å². The number of nitrogens with one attached hydrogen (secondary N) is 1. The maximum atomic E-state index is 11.4. The zero-order valence-corrected chi connectivity index (χ0v) is 15.0. The second-order valence-corrected chi connectivity index (χ2v) is 7.03. The Morgan fingerprint density at radius 2 is 2.19 bits per heavy atom. The van der Waals surface area contributed by atoms with E-state index in [0.717, 1.165) is 60.7 Å². The maximum Gasteiger partial charge on any atom is 0.248 e. The molecule has 0 saturated carbocycles. The zero-order valence-electron chi connectivity index (χ0n) is 14.2. The molecule has 1 aliphatic rings. The SMILES string of the molecule is NC(=O)c1cccc(-c2cnc3sc(NCCN4CCOCC4)nn23)c1. The molecule has 9 heteroatoms. The van der Waals surface area contributed by atoms with Crippen LogP contribution in [0.1, 0.15) is 10.4 Å². The average molecular weight is 372 g/mol. The molecular weight excluding hydrogens is 352 g/mol. The molecule has 8 nitrogen and oxygen atoms in total. The number of morpholine rings is 1. The van der Waals surface area contributed by atoms with Crippen LogP contribution in [0.3, 0.4) is 0 Å². The van der Waals surface area contributed by atoms with Crippen molar-refractivity contribution >= 4 is 27.3 Å². The largest absolute Gasteiger partial charge is 0.379 e. The molecule has 26 heavy (non-hydrogen) atoms. The third-order valence-electron chi connectivity index (χ3n) is 4.34. The van der Waals surface area contributed by atoms with Crippen molar-refractivity contribution < 1.29 is 9.53 Å². The highest BCUT2D eigenvalue weighted by atomic mass is 32.1. The summed E-state index contributed by atoms with van der Waals surface area (Å²) in [6.45, 7) is 5.34. The lowest BCUT2D eigenvalue weighted by Gasteiger charge is -2.26. The minimum Gasteiger partial charge on any atom is -0.379 e. The van der Waals surface area contributed by atoms with Crippen molar-refractivity contribution in [3.8, 4) is 11.3 Å². The van der Waals surface area contributed by atoms with Crippen LogP contribution in [-0.4, -0.2) is 64.8 Å². The Labute approximate surface area is 154 Å². The van der Waals surface area contributed by atoms with Crippen molar-refractivity contribution in [1.82, 2.24) is 19.5 Å². The van der Waals surface area contributed by atoms with Gasteiger partial charge in [-0.05, 0) is 12.1 Å². The summed E-state index contributed by atoms with van der Waals surface area (Å²) in [5.74, 6) is -0.448. The Morgan fingerprint density at radius 1 is 1.35 bits per heavy atom. The van der Waals surface area contributed by atoms with Gasteiger partial charge in [0, 0.05) is 37.3 Å². The summed E-state index contributed by atoms with van der Waals surface area (Å²) in [7, 11) is 0. The van der Waals surface area contributed by atoms with Crippen LogP contribution in [0, 0.1) is 0 Å². The summed E-state index contributed by atoms with van der Waals surface area (Å²) < 4.78 is 7.15. The van der Waals surface area contributed by atoms with Gasteiger partial charge in [0.05, 0.1) is 25.1 Å². The number of hydrogen-bond donors (Lipinski definition) is 2.